The first kappa shape index (κ1) is 32.9. The minimum Gasteiger partial charge on any atom is -1.00 e. The van der Waals surface area contributed by atoms with Gasteiger partial charge in [-0.3, -0.25) is 0 Å². The summed E-state index contributed by atoms with van der Waals surface area (Å²) in [6.45, 7) is 21.8. The molecule has 0 amide bonds. The van der Waals surface area contributed by atoms with Gasteiger partial charge in [0.1, 0.15) is 0 Å². The topological polar surface area (TPSA) is 0 Å². The second-order valence-corrected chi connectivity index (χ2v) is 20.9. The van der Waals surface area contributed by atoms with Gasteiger partial charge in [-0.25, -0.2) is 0 Å². The third-order valence-electron chi connectivity index (χ3n) is 7.84. The maximum atomic E-state index is 2.62. The molecule has 0 fully saturated rings. The van der Waals surface area contributed by atoms with E-state index in [1.807, 2.05) is 0 Å². The number of hydrogen-bond acceptors (Lipinski definition) is 0. The maximum Gasteiger partial charge on any atom is -1.00 e. The summed E-state index contributed by atoms with van der Waals surface area (Å²) in [5, 5.41) is 4.89. The van der Waals surface area contributed by atoms with Crippen LogP contribution in [0.4, 0.5) is 0 Å². The van der Waals surface area contributed by atoms with E-state index in [4.69, 9.17) is 0 Å². The van der Waals surface area contributed by atoms with Crippen molar-refractivity contribution in [1.82, 2.24) is 0 Å². The van der Waals surface area contributed by atoms with E-state index in [0.717, 1.165) is 0 Å². The van der Waals surface area contributed by atoms with Crippen molar-refractivity contribution in [2.45, 2.75) is 72.3 Å². The summed E-state index contributed by atoms with van der Waals surface area (Å²) in [6.07, 6.45) is 0. The van der Waals surface area contributed by atoms with Gasteiger partial charge in [-0.15, -0.1) is 0 Å². The molecule has 178 valence electrons. The third-order valence-corrected chi connectivity index (χ3v) is 17.6. The van der Waals surface area contributed by atoms with E-state index in [1.165, 1.54) is 22.8 Å². The van der Waals surface area contributed by atoms with E-state index in [-0.39, 0.29) is 42.3 Å². The molecule has 2 aromatic carbocycles. The van der Waals surface area contributed by atoms with Gasteiger partial charge < -0.3 is 37.2 Å². The van der Waals surface area contributed by atoms with Gasteiger partial charge >= 0.3 is 199 Å². The second-order valence-electron chi connectivity index (χ2n) is 10.3. The normalized spacial score (nSPS) is 20.0. The van der Waals surface area contributed by atoms with Crippen molar-refractivity contribution in [1.29, 1.82) is 0 Å². The standard InChI is InChI=1S/C27H37Si2.3ClH.Ti/c1-10-29(24-14-12-11-13-15-24,27(6)19-21(3)22(4)23(27)5)26-17-20(2)16-25(18-26)28(7,8)9;;;;/h11-18H,10H2,1-9H3;3*1H;/q;;;;+3/p-3. The van der Waals surface area contributed by atoms with Crippen molar-refractivity contribution in [3.8, 4) is 0 Å². The third kappa shape index (κ3) is 5.24. The van der Waals surface area contributed by atoms with Gasteiger partial charge in [-0.2, -0.15) is 0 Å². The van der Waals surface area contributed by atoms with Gasteiger partial charge in [0.25, 0.3) is 0 Å². The molecule has 2 atom stereocenters. The second kappa shape index (κ2) is 11.8. The van der Waals surface area contributed by atoms with Crippen molar-refractivity contribution in [3.05, 3.63) is 74.7 Å². The van der Waals surface area contributed by atoms with E-state index < -0.39 is 16.1 Å². The molecule has 0 aromatic heterocycles. The Labute approximate surface area is 234 Å². The van der Waals surface area contributed by atoms with Crippen LogP contribution in [-0.4, -0.2) is 16.1 Å². The number of benzene rings is 2. The Morgan fingerprint density at radius 3 is 1.70 bits per heavy atom. The molecule has 2 aromatic rings. The first-order valence-electron chi connectivity index (χ1n) is 11.2. The molecular weight excluding hydrogens is 535 g/mol. The Kier molecular flexibility index (Phi) is 11.8. The van der Waals surface area contributed by atoms with E-state index in [0.29, 0.717) is 0 Å². The smallest absolute Gasteiger partial charge is 1.00 e. The van der Waals surface area contributed by atoms with Crippen LogP contribution in [0.2, 0.25) is 30.7 Å². The fourth-order valence-corrected chi connectivity index (χ4v) is 14.7. The fourth-order valence-electron chi connectivity index (χ4n) is 5.63. The molecule has 0 saturated heterocycles. The largest absolute Gasteiger partial charge is 1.00 e. The molecule has 0 radical (unpaired) electrons. The molecule has 3 rings (SSSR count). The quantitative estimate of drug-likeness (QED) is 0.337. The van der Waals surface area contributed by atoms with Gasteiger partial charge in [0, 0.05) is 0 Å². The van der Waals surface area contributed by atoms with Gasteiger partial charge in [0.2, 0.25) is 0 Å². The van der Waals surface area contributed by atoms with Crippen LogP contribution < -0.4 is 52.8 Å². The van der Waals surface area contributed by atoms with Crippen LogP contribution >= 0.6 is 0 Å². The predicted octanol–water partition coefficient (Wildman–Crippen LogP) is -2.93. The molecule has 1 aliphatic rings. The summed E-state index contributed by atoms with van der Waals surface area (Å²) in [5.74, 6) is 0. The number of halogens is 3. The summed E-state index contributed by atoms with van der Waals surface area (Å²) in [7, 11) is -3.57. The molecule has 0 saturated carbocycles. The predicted molar refractivity (Wildman–Crippen MR) is 136 cm³/mol. The van der Waals surface area contributed by atoms with Crippen LogP contribution in [-0.2, 0) is 20.4 Å². The Morgan fingerprint density at radius 2 is 1.27 bits per heavy atom. The molecule has 0 spiro atoms. The fraction of sp³-hybridized carbons (Fsp3) is 0.407. The van der Waals surface area contributed by atoms with Gasteiger partial charge in [0.15, 0.2) is 0 Å². The molecule has 0 N–H and O–H groups in total. The first-order valence-corrected chi connectivity index (χ1v) is 17.7. The van der Waals surface area contributed by atoms with E-state index in [1.54, 1.807) is 25.0 Å². The summed E-state index contributed by atoms with van der Waals surface area (Å²) in [5.41, 5.74) is 6.03. The Hall–Kier alpha value is -0.0619. The summed E-state index contributed by atoms with van der Waals surface area (Å²) < 4.78 is 1.59. The van der Waals surface area contributed by atoms with Gasteiger partial charge in [0.05, 0.1) is 0 Å². The molecule has 0 heterocycles. The average molecular weight is 572 g/mol. The maximum absolute atomic E-state index is 2.62. The zero-order chi connectivity index (χ0) is 22.5. The number of rotatable bonds is 5. The summed E-state index contributed by atoms with van der Waals surface area (Å²) in [6, 6.07) is 20.3. The summed E-state index contributed by atoms with van der Waals surface area (Å²) >= 11 is 2.41. The van der Waals surface area contributed by atoms with E-state index in [9.17, 15) is 0 Å². The van der Waals surface area contributed by atoms with Crippen LogP contribution in [0.15, 0.2) is 69.1 Å². The van der Waals surface area contributed by atoms with Crippen molar-refractivity contribution in [2.75, 3.05) is 0 Å². The van der Waals surface area contributed by atoms with Gasteiger partial charge in [-0.1, -0.05) is 0 Å². The minimum absolute atomic E-state index is 0. The molecule has 33 heavy (non-hydrogen) atoms. The molecule has 2 unspecified atom stereocenters. The molecule has 6 heteroatoms. The summed E-state index contributed by atoms with van der Waals surface area (Å²) in [4.78, 5) is 0. The average Bonchev–Trinajstić information content (AvgIpc) is 2.85. The van der Waals surface area contributed by atoms with E-state index >= 15 is 0 Å². The zero-order valence-corrected chi connectivity index (χ0v) is 27.3. The Bertz CT molecular complexity index is 1020. The molecule has 0 aliphatic heterocycles. The van der Waals surface area contributed by atoms with Crippen molar-refractivity contribution < 1.29 is 57.7 Å². The van der Waals surface area contributed by atoms with Crippen molar-refractivity contribution >= 4 is 31.7 Å². The van der Waals surface area contributed by atoms with Crippen LogP contribution in [0, 0.1) is 6.92 Å². The van der Waals surface area contributed by atoms with Gasteiger partial charge in [-0.05, 0) is 0 Å². The van der Waals surface area contributed by atoms with Crippen LogP contribution in [0.25, 0.3) is 0 Å². The monoisotopic (exact) mass is 570 g/mol. The van der Waals surface area contributed by atoms with Crippen molar-refractivity contribution in [2.24, 2.45) is 0 Å². The van der Waals surface area contributed by atoms with Crippen LogP contribution in [0.5, 0.6) is 0 Å². The number of aryl methyl sites for hydroxylation is 1. The SMILES string of the molecule is CC[Si](c1ccccc1)(c1cc(C)cc([Si](C)(C)C)c1)C1(C)C(C)=C(C)C(C)=[C]1[Ti+3].[Cl-].[Cl-].[Cl-]. The molecular formula is C27H37Cl3Si2Ti. The molecule has 1 aliphatic carbocycles. The molecule has 0 bridgehead atoms. The first-order chi connectivity index (χ1) is 13.9. The minimum atomic E-state index is -2.16. The zero-order valence-electron chi connectivity index (χ0n) is 21.5. The Morgan fingerprint density at radius 1 is 0.758 bits per heavy atom. The van der Waals surface area contributed by atoms with Crippen LogP contribution in [0.1, 0.15) is 40.2 Å². The molecule has 0 nitrogen and oxygen atoms in total. The van der Waals surface area contributed by atoms with Crippen molar-refractivity contribution in [3.63, 3.8) is 0 Å². The number of allylic oxidation sites excluding steroid dienone is 4. The Balaban J connectivity index is 0.00000341. The number of hydrogen-bond donors (Lipinski definition) is 0. The van der Waals surface area contributed by atoms with Crippen LogP contribution in [0.3, 0.4) is 0 Å². The van der Waals surface area contributed by atoms with E-state index in [2.05, 4.69) is 130 Å².